The third-order valence-corrected chi connectivity index (χ3v) is 3.85. The summed E-state index contributed by atoms with van der Waals surface area (Å²) in [5.41, 5.74) is 0.914. The molecule has 2 heterocycles. The normalized spacial score (nSPS) is 11.0. The lowest BCUT2D eigenvalue weighted by molar-refractivity contribution is 0.676. The lowest BCUT2D eigenvalue weighted by Gasteiger charge is -1.99. The molecule has 13 heavy (non-hydrogen) atoms. The van der Waals surface area contributed by atoms with Gasteiger partial charge in [-0.3, -0.25) is 0 Å². The molecule has 68 valence electrons. The van der Waals surface area contributed by atoms with E-state index in [0.29, 0.717) is 0 Å². The molecule has 0 fully saturated rings. The summed E-state index contributed by atoms with van der Waals surface area (Å²) in [6, 6.07) is 0. The molecule has 2 aromatic heterocycles. The molecule has 0 saturated heterocycles. The number of aromatic nitrogens is 3. The van der Waals surface area contributed by atoms with E-state index < -0.39 is 0 Å². The maximum Gasteiger partial charge on any atom is 0.158 e. The van der Waals surface area contributed by atoms with Gasteiger partial charge in [-0.15, -0.1) is 0 Å². The molecule has 2 rings (SSSR count). The van der Waals surface area contributed by atoms with Gasteiger partial charge in [-0.1, -0.05) is 0 Å². The first kappa shape index (κ1) is 9.15. The molecule has 3 nitrogen and oxygen atoms in total. The molecule has 0 amide bonds. The van der Waals surface area contributed by atoms with Crippen LogP contribution in [0.25, 0.3) is 11.0 Å². The van der Waals surface area contributed by atoms with Crippen molar-refractivity contribution in [3.05, 3.63) is 21.3 Å². The van der Waals surface area contributed by atoms with Crippen molar-refractivity contribution < 1.29 is 0 Å². The van der Waals surface area contributed by atoms with Crippen molar-refractivity contribution in [3.8, 4) is 0 Å². The predicted molar refractivity (Wildman–Crippen MR) is 58.6 cm³/mol. The van der Waals surface area contributed by atoms with Gasteiger partial charge in [0.25, 0.3) is 0 Å². The quantitative estimate of drug-likeness (QED) is 0.811. The van der Waals surface area contributed by atoms with Gasteiger partial charge in [0.05, 0.1) is 16.1 Å². The van der Waals surface area contributed by atoms with Crippen LogP contribution in [-0.4, -0.2) is 14.8 Å². The van der Waals surface area contributed by atoms with Gasteiger partial charge >= 0.3 is 0 Å². The monoisotopic (exact) mass is 303 g/mol. The van der Waals surface area contributed by atoms with Crippen LogP contribution in [0.4, 0.5) is 0 Å². The third-order valence-electron chi connectivity index (χ3n) is 1.86. The van der Waals surface area contributed by atoms with E-state index in [2.05, 4.69) is 41.9 Å². The van der Waals surface area contributed by atoms with Crippen LogP contribution in [-0.2, 0) is 6.54 Å². The Morgan fingerprint density at radius 2 is 2.15 bits per heavy atom. The molecule has 0 aliphatic carbocycles. The molecule has 0 saturated carbocycles. The molecule has 0 spiro atoms. The Hall–Kier alpha value is -0.420. The van der Waals surface area contributed by atoms with Crippen LogP contribution in [0.15, 0.2) is 21.3 Å². The summed E-state index contributed by atoms with van der Waals surface area (Å²) in [5.74, 6) is 0. The summed E-state index contributed by atoms with van der Waals surface area (Å²) in [4.78, 5) is 4.30. The first-order valence-electron chi connectivity index (χ1n) is 3.89. The highest BCUT2D eigenvalue weighted by Gasteiger charge is 2.08. The molecular weight excluding hydrogens is 298 g/mol. The van der Waals surface area contributed by atoms with Crippen LogP contribution in [0, 0.1) is 0 Å². The number of halogens is 2. The molecule has 0 atom stereocenters. The van der Waals surface area contributed by atoms with Gasteiger partial charge in [0.1, 0.15) is 0 Å². The summed E-state index contributed by atoms with van der Waals surface area (Å²) in [7, 11) is 0. The van der Waals surface area contributed by atoms with Crippen molar-refractivity contribution in [2.75, 3.05) is 0 Å². The fraction of sp³-hybridized carbons (Fsp3) is 0.250. The Morgan fingerprint density at radius 3 is 2.85 bits per heavy atom. The first-order valence-corrected chi connectivity index (χ1v) is 5.48. The number of fused-ring (bicyclic) bond motifs is 1. The van der Waals surface area contributed by atoms with Gasteiger partial charge < -0.3 is 0 Å². The summed E-state index contributed by atoms with van der Waals surface area (Å²) >= 11 is 6.88. The van der Waals surface area contributed by atoms with Crippen molar-refractivity contribution in [2.24, 2.45) is 0 Å². The predicted octanol–water partition coefficient (Wildman–Crippen LogP) is 2.98. The van der Waals surface area contributed by atoms with E-state index in [1.54, 1.807) is 6.20 Å². The van der Waals surface area contributed by atoms with Crippen molar-refractivity contribution in [1.29, 1.82) is 0 Å². The average molecular weight is 305 g/mol. The number of nitrogens with zero attached hydrogens (tertiary/aromatic N) is 3. The second-order valence-corrected chi connectivity index (χ2v) is 4.27. The van der Waals surface area contributed by atoms with Crippen LogP contribution in [0.5, 0.6) is 0 Å². The topological polar surface area (TPSA) is 30.7 Å². The summed E-state index contributed by atoms with van der Waals surface area (Å²) in [5, 5.41) is 5.26. The summed E-state index contributed by atoms with van der Waals surface area (Å²) in [6.45, 7) is 2.88. The Balaban J connectivity index is 2.81. The van der Waals surface area contributed by atoms with Gasteiger partial charge in [-0.25, -0.2) is 9.67 Å². The molecule has 0 unspecified atom stereocenters. The van der Waals surface area contributed by atoms with Crippen molar-refractivity contribution >= 4 is 42.9 Å². The largest absolute Gasteiger partial charge is 0.248 e. The highest BCUT2D eigenvalue weighted by atomic mass is 79.9. The Labute approximate surface area is 92.4 Å². The van der Waals surface area contributed by atoms with E-state index in [1.807, 2.05) is 17.8 Å². The van der Waals surface area contributed by atoms with Crippen LogP contribution in [0.1, 0.15) is 6.92 Å². The van der Waals surface area contributed by atoms with E-state index in [0.717, 1.165) is 26.5 Å². The standard InChI is InChI=1S/C8H7Br2N3/c1-2-13-8-5(3-12-13)7(10)6(9)4-11-8/h3-4H,2H2,1H3. The third kappa shape index (κ3) is 1.40. The van der Waals surface area contributed by atoms with Gasteiger partial charge in [0.15, 0.2) is 5.65 Å². The minimum Gasteiger partial charge on any atom is -0.248 e. The van der Waals surface area contributed by atoms with Crippen LogP contribution >= 0.6 is 31.9 Å². The Kier molecular flexibility index (Phi) is 2.38. The molecule has 0 radical (unpaired) electrons. The number of aryl methyl sites for hydroxylation is 1. The lowest BCUT2D eigenvalue weighted by atomic mass is 10.4. The molecule has 0 bridgehead atoms. The van der Waals surface area contributed by atoms with E-state index in [-0.39, 0.29) is 0 Å². The van der Waals surface area contributed by atoms with Crippen molar-refractivity contribution in [2.45, 2.75) is 13.5 Å². The Morgan fingerprint density at radius 1 is 1.38 bits per heavy atom. The molecule has 0 aromatic carbocycles. The molecular formula is C8H7Br2N3. The molecule has 5 heteroatoms. The minimum atomic E-state index is 0.838. The maximum atomic E-state index is 4.30. The van der Waals surface area contributed by atoms with Gasteiger partial charge in [0.2, 0.25) is 0 Å². The van der Waals surface area contributed by atoms with Gasteiger partial charge in [0, 0.05) is 17.2 Å². The van der Waals surface area contributed by atoms with Crippen molar-refractivity contribution in [1.82, 2.24) is 14.8 Å². The number of pyridine rings is 1. The first-order chi connectivity index (χ1) is 6.24. The highest BCUT2D eigenvalue weighted by Crippen LogP contribution is 2.29. The van der Waals surface area contributed by atoms with E-state index >= 15 is 0 Å². The average Bonchev–Trinajstić information content (AvgIpc) is 2.55. The fourth-order valence-electron chi connectivity index (χ4n) is 1.20. The number of hydrogen-bond donors (Lipinski definition) is 0. The fourth-order valence-corrected chi connectivity index (χ4v) is 1.90. The Bertz CT molecular complexity index is 450. The summed E-state index contributed by atoms with van der Waals surface area (Å²) in [6.07, 6.45) is 3.60. The van der Waals surface area contributed by atoms with E-state index in [4.69, 9.17) is 0 Å². The van der Waals surface area contributed by atoms with Crippen LogP contribution < -0.4 is 0 Å². The van der Waals surface area contributed by atoms with Gasteiger partial charge in [-0.2, -0.15) is 5.10 Å². The second kappa shape index (κ2) is 3.38. The zero-order valence-electron chi connectivity index (χ0n) is 6.96. The molecule has 2 aromatic rings. The van der Waals surface area contributed by atoms with E-state index in [9.17, 15) is 0 Å². The number of rotatable bonds is 1. The lowest BCUT2D eigenvalue weighted by Crippen LogP contribution is -1.96. The minimum absolute atomic E-state index is 0.838. The smallest absolute Gasteiger partial charge is 0.158 e. The zero-order chi connectivity index (χ0) is 9.42. The van der Waals surface area contributed by atoms with E-state index in [1.165, 1.54) is 0 Å². The maximum absolute atomic E-state index is 4.30. The SMILES string of the molecule is CCn1ncc2c(Br)c(Br)cnc21. The summed E-state index contributed by atoms with van der Waals surface area (Å²) < 4.78 is 3.83. The van der Waals surface area contributed by atoms with Gasteiger partial charge in [-0.05, 0) is 38.8 Å². The molecule has 0 N–H and O–H groups in total. The van der Waals surface area contributed by atoms with Crippen LogP contribution in [0.2, 0.25) is 0 Å². The van der Waals surface area contributed by atoms with Crippen LogP contribution in [0.3, 0.4) is 0 Å². The highest BCUT2D eigenvalue weighted by molar-refractivity contribution is 9.13. The second-order valence-electron chi connectivity index (χ2n) is 2.62. The molecule has 0 aliphatic rings. The zero-order valence-corrected chi connectivity index (χ0v) is 10.1. The molecule has 0 aliphatic heterocycles. The number of hydrogen-bond acceptors (Lipinski definition) is 2. The van der Waals surface area contributed by atoms with Crippen molar-refractivity contribution in [3.63, 3.8) is 0 Å².